The minimum absolute atomic E-state index is 0.0182. The average molecular weight is 578 g/mol. The third kappa shape index (κ3) is 5.24. The monoisotopic (exact) mass is 577 g/mol. The van der Waals surface area contributed by atoms with Gasteiger partial charge < -0.3 is 25.2 Å². The first kappa shape index (κ1) is 25.9. The van der Waals surface area contributed by atoms with Gasteiger partial charge in [0.1, 0.15) is 34.2 Å². The lowest BCUT2D eigenvalue weighted by Crippen LogP contribution is -2.38. The van der Waals surface area contributed by atoms with E-state index >= 15 is 0 Å². The van der Waals surface area contributed by atoms with E-state index in [1.54, 1.807) is 24.3 Å². The van der Waals surface area contributed by atoms with Gasteiger partial charge in [-0.1, -0.05) is 41.9 Å². The van der Waals surface area contributed by atoms with Crippen molar-refractivity contribution in [3.05, 3.63) is 100 Å². The Morgan fingerprint density at radius 2 is 1.85 bits per heavy atom. The van der Waals surface area contributed by atoms with Gasteiger partial charge in [-0.05, 0) is 42.3 Å². The number of imidazole rings is 2. The highest BCUT2D eigenvalue weighted by Crippen LogP contribution is 2.28. The molecule has 0 saturated carbocycles. The molecule has 0 spiro atoms. The van der Waals surface area contributed by atoms with Crippen LogP contribution in [0.5, 0.6) is 0 Å². The number of hydrogen-bond donors (Lipinski definition) is 5. The Hall–Kier alpha value is -4.39. The third-order valence-electron chi connectivity index (χ3n) is 6.45. The van der Waals surface area contributed by atoms with Crippen LogP contribution in [0.4, 0.5) is 0 Å². The van der Waals surface area contributed by atoms with E-state index in [2.05, 4.69) is 24.7 Å². The second-order valence-electron chi connectivity index (χ2n) is 9.30. The minimum Gasteiger partial charge on any atom is -0.462 e. The molecule has 2 aromatic heterocycles. The van der Waals surface area contributed by atoms with E-state index in [-0.39, 0.29) is 34.5 Å². The lowest BCUT2D eigenvalue weighted by Gasteiger charge is -2.19. The number of sulfonamides is 1. The fourth-order valence-electron chi connectivity index (χ4n) is 4.60. The van der Waals surface area contributed by atoms with Gasteiger partial charge in [0.2, 0.25) is 16.8 Å². The van der Waals surface area contributed by atoms with Crippen molar-refractivity contribution in [2.45, 2.75) is 23.8 Å². The van der Waals surface area contributed by atoms with Crippen molar-refractivity contribution in [1.29, 1.82) is 5.41 Å². The molecule has 0 saturated heterocycles. The largest absolute Gasteiger partial charge is 0.462 e. The van der Waals surface area contributed by atoms with Gasteiger partial charge in [0.25, 0.3) is 0 Å². The van der Waals surface area contributed by atoms with Gasteiger partial charge in [0.15, 0.2) is 5.76 Å². The van der Waals surface area contributed by atoms with E-state index in [4.69, 9.17) is 32.2 Å². The quantitative estimate of drug-likeness (QED) is 0.131. The molecular weight excluding hydrogens is 554 g/mol. The Labute approximate surface area is 233 Å². The van der Waals surface area contributed by atoms with Crippen molar-refractivity contribution in [2.75, 3.05) is 6.79 Å². The maximum Gasteiger partial charge on any atom is 0.243 e. The van der Waals surface area contributed by atoms with Crippen molar-refractivity contribution in [3.8, 4) is 0 Å². The van der Waals surface area contributed by atoms with Crippen LogP contribution in [-0.2, 0) is 32.3 Å². The van der Waals surface area contributed by atoms with E-state index < -0.39 is 16.1 Å². The van der Waals surface area contributed by atoms with E-state index in [0.717, 1.165) is 11.1 Å². The molecule has 6 rings (SSSR count). The molecule has 0 amide bonds. The number of nitrogen functional groups attached to an aromatic ring is 1. The zero-order valence-electron chi connectivity index (χ0n) is 20.9. The first-order valence-corrected chi connectivity index (χ1v) is 14.1. The van der Waals surface area contributed by atoms with Crippen LogP contribution in [0.15, 0.2) is 77.6 Å². The highest BCUT2D eigenvalue weighted by molar-refractivity contribution is 7.89. The second-order valence-corrected chi connectivity index (χ2v) is 11.4. The molecule has 0 radical (unpaired) electrons. The molecule has 3 heterocycles. The lowest BCUT2D eigenvalue weighted by molar-refractivity contribution is 0.0746. The number of aromatic nitrogens is 4. The molecule has 3 aromatic carbocycles. The summed E-state index contributed by atoms with van der Waals surface area (Å²) in [4.78, 5) is 15.5. The highest BCUT2D eigenvalue weighted by Gasteiger charge is 2.29. The van der Waals surface area contributed by atoms with Crippen LogP contribution in [0.25, 0.3) is 22.1 Å². The SMILES string of the molecule is N=C(N)c1ccc2nc(Cc3nc4c(S(=O)(=O)NC(Cc5ccccc5)C5=COCO5)cc(Cl)cc4[nH]3)[nH]c2c1. The van der Waals surface area contributed by atoms with Gasteiger partial charge in [0, 0.05) is 10.6 Å². The predicted molar refractivity (Wildman–Crippen MR) is 150 cm³/mol. The molecule has 0 fully saturated rings. The van der Waals surface area contributed by atoms with Gasteiger partial charge in [-0.3, -0.25) is 5.41 Å². The molecule has 1 atom stereocenters. The number of nitrogens with one attached hydrogen (secondary N) is 4. The van der Waals surface area contributed by atoms with Gasteiger partial charge in [-0.15, -0.1) is 0 Å². The fourth-order valence-corrected chi connectivity index (χ4v) is 6.28. The van der Waals surface area contributed by atoms with E-state index in [1.807, 2.05) is 30.3 Å². The molecule has 204 valence electrons. The van der Waals surface area contributed by atoms with Gasteiger partial charge in [-0.25, -0.2) is 18.4 Å². The Morgan fingerprint density at radius 3 is 2.60 bits per heavy atom. The Balaban J connectivity index is 1.32. The number of fused-ring (bicyclic) bond motifs is 2. The van der Waals surface area contributed by atoms with Gasteiger partial charge >= 0.3 is 0 Å². The number of benzene rings is 3. The fraction of sp³-hybridized carbons (Fsp3) is 0.148. The standard InChI is InChI=1S/C27H24ClN7O4S/c28-17-10-21-26(34-25(33-21)12-24-31-18-7-6-16(27(29)30)9-19(18)32-24)23(11-17)40(36,37)35-20(22-13-38-14-39-22)8-15-4-2-1-3-5-15/h1-7,9-11,13,20,35H,8,12,14H2,(H3,29,30)(H,31,32)(H,33,34). The molecular formula is C27H24ClN7O4S. The number of halogens is 1. The van der Waals surface area contributed by atoms with Crippen LogP contribution in [0.1, 0.15) is 22.8 Å². The summed E-state index contributed by atoms with van der Waals surface area (Å²) in [6, 6.07) is 17.0. The van der Waals surface area contributed by atoms with Crippen molar-refractivity contribution >= 4 is 49.5 Å². The van der Waals surface area contributed by atoms with Crippen LogP contribution >= 0.6 is 11.6 Å². The molecule has 13 heteroatoms. The van der Waals surface area contributed by atoms with Crippen LogP contribution in [0.3, 0.4) is 0 Å². The number of aromatic amines is 2. The molecule has 40 heavy (non-hydrogen) atoms. The number of H-pyrrole nitrogens is 2. The number of ether oxygens (including phenoxy) is 2. The molecule has 6 N–H and O–H groups in total. The topological polar surface area (TPSA) is 172 Å². The molecule has 5 aromatic rings. The minimum atomic E-state index is -4.11. The maximum absolute atomic E-state index is 13.7. The summed E-state index contributed by atoms with van der Waals surface area (Å²) in [5, 5.41) is 7.88. The van der Waals surface area contributed by atoms with Crippen molar-refractivity contribution < 1.29 is 17.9 Å². The van der Waals surface area contributed by atoms with E-state index in [1.165, 1.54) is 12.3 Å². The van der Waals surface area contributed by atoms with Gasteiger partial charge in [-0.2, -0.15) is 4.72 Å². The number of hydrogen-bond acceptors (Lipinski definition) is 7. The summed E-state index contributed by atoms with van der Waals surface area (Å²) in [6.07, 6.45) is 2.04. The number of amidine groups is 1. The zero-order valence-corrected chi connectivity index (χ0v) is 22.5. The molecule has 1 unspecified atom stereocenters. The predicted octanol–water partition coefficient (Wildman–Crippen LogP) is 3.70. The third-order valence-corrected chi connectivity index (χ3v) is 8.15. The van der Waals surface area contributed by atoms with E-state index in [0.29, 0.717) is 40.4 Å². The Bertz CT molecular complexity index is 1880. The zero-order chi connectivity index (χ0) is 27.9. The number of nitrogens with two attached hydrogens (primary N) is 1. The summed E-state index contributed by atoms with van der Waals surface area (Å²) in [5.74, 6) is 1.45. The molecule has 0 bridgehead atoms. The lowest BCUT2D eigenvalue weighted by atomic mass is 10.1. The van der Waals surface area contributed by atoms with Crippen LogP contribution in [0, 0.1) is 5.41 Å². The normalized spacial score (nSPS) is 14.2. The number of nitrogens with zero attached hydrogens (tertiary/aromatic N) is 2. The number of rotatable bonds is 9. The van der Waals surface area contributed by atoms with Crippen molar-refractivity contribution in [1.82, 2.24) is 24.7 Å². The molecule has 1 aliphatic rings. The van der Waals surface area contributed by atoms with Crippen LogP contribution in [0.2, 0.25) is 5.02 Å². The van der Waals surface area contributed by atoms with E-state index in [9.17, 15) is 8.42 Å². The molecule has 0 aliphatic carbocycles. The first-order chi connectivity index (χ1) is 19.2. The molecule has 1 aliphatic heterocycles. The van der Waals surface area contributed by atoms with Crippen LogP contribution < -0.4 is 10.5 Å². The first-order valence-electron chi connectivity index (χ1n) is 12.3. The van der Waals surface area contributed by atoms with Crippen molar-refractivity contribution in [2.24, 2.45) is 5.73 Å². The summed E-state index contributed by atoms with van der Waals surface area (Å²) >= 11 is 6.34. The van der Waals surface area contributed by atoms with Gasteiger partial charge in [0.05, 0.1) is 29.0 Å². The summed E-state index contributed by atoms with van der Waals surface area (Å²) in [5.41, 5.74) is 9.26. The Morgan fingerprint density at radius 1 is 1.07 bits per heavy atom. The smallest absolute Gasteiger partial charge is 0.243 e. The summed E-state index contributed by atoms with van der Waals surface area (Å²) < 4.78 is 41.0. The second kappa shape index (κ2) is 10.3. The maximum atomic E-state index is 13.7. The highest BCUT2D eigenvalue weighted by atomic mass is 35.5. The summed E-state index contributed by atoms with van der Waals surface area (Å²) in [7, 11) is -4.11. The summed E-state index contributed by atoms with van der Waals surface area (Å²) in [6.45, 7) is 0.0182. The average Bonchev–Trinajstić information content (AvgIpc) is 3.67. The molecule has 11 nitrogen and oxygen atoms in total. The van der Waals surface area contributed by atoms with Crippen molar-refractivity contribution in [3.63, 3.8) is 0 Å². The van der Waals surface area contributed by atoms with Crippen LogP contribution in [-0.4, -0.2) is 47.0 Å². The Kier molecular flexibility index (Phi) is 6.66.